The van der Waals surface area contributed by atoms with Gasteiger partial charge in [-0.05, 0) is 0 Å². The maximum atomic E-state index is 11.1. The molecule has 5 atom stereocenters. The van der Waals surface area contributed by atoms with Gasteiger partial charge in [-0.2, -0.15) is 0 Å². The fourth-order valence-corrected chi connectivity index (χ4v) is 2.37. The first-order valence-electron chi connectivity index (χ1n) is 4.78. The van der Waals surface area contributed by atoms with Crippen molar-refractivity contribution in [2.24, 2.45) is 0 Å². The first kappa shape index (κ1) is 14.2. The van der Waals surface area contributed by atoms with Crippen molar-refractivity contribution in [1.29, 1.82) is 0 Å². The second kappa shape index (κ2) is 5.62. The van der Waals surface area contributed by atoms with Crippen LogP contribution in [0.1, 0.15) is 0 Å². The third-order valence-corrected chi connectivity index (χ3v) is 2.89. The minimum absolute atomic E-state index is 0.193. The summed E-state index contributed by atoms with van der Waals surface area (Å²) >= 11 is 0. The van der Waals surface area contributed by atoms with Gasteiger partial charge in [-0.15, -0.1) is 0 Å². The van der Waals surface area contributed by atoms with Gasteiger partial charge in [0.2, 0.25) is 0 Å². The van der Waals surface area contributed by atoms with Crippen molar-refractivity contribution in [3.63, 3.8) is 0 Å². The molecule has 0 amide bonds. The van der Waals surface area contributed by atoms with Gasteiger partial charge in [-0.1, -0.05) is 0 Å². The molecule has 1 saturated heterocycles. The lowest BCUT2D eigenvalue weighted by Crippen LogP contribution is -2.38. The molecule has 2 unspecified atom stereocenters. The van der Waals surface area contributed by atoms with E-state index in [2.05, 4.69) is 0 Å². The molecular weight excluding hydrogens is 234 g/mol. The molecule has 16 heavy (non-hydrogen) atoms. The van der Waals surface area contributed by atoms with Crippen molar-refractivity contribution in [2.45, 2.75) is 24.3 Å². The minimum atomic E-state index is -3.87. The molecule has 0 bridgehead atoms. The van der Waals surface area contributed by atoms with E-state index < -0.39 is 31.9 Å². The van der Waals surface area contributed by atoms with Crippen molar-refractivity contribution < 1.29 is 28.2 Å². The quantitative estimate of drug-likeness (QED) is 0.464. The molecule has 6 nitrogen and oxygen atoms in total. The lowest BCUT2D eigenvalue weighted by molar-refractivity contribution is -0.205. The molecule has 0 aliphatic carbocycles. The van der Waals surface area contributed by atoms with E-state index in [0.29, 0.717) is 0 Å². The van der Waals surface area contributed by atoms with Gasteiger partial charge in [-0.3, -0.25) is 0 Å². The molecule has 92 valence electrons. The van der Waals surface area contributed by atoms with Crippen LogP contribution in [-0.4, -0.2) is 59.7 Å². The number of hydrogen-bond donors (Lipinski definition) is 0. The van der Waals surface area contributed by atoms with Crippen LogP contribution in [0.2, 0.25) is 0 Å². The van der Waals surface area contributed by atoms with Gasteiger partial charge in [-0.25, -0.2) is 0 Å². The summed E-state index contributed by atoms with van der Waals surface area (Å²) in [6.45, 7) is 1.19. The van der Waals surface area contributed by atoms with Gasteiger partial charge in [0.15, 0.2) is 0 Å². The van der Waals surface area contributed by atoms with Crippen LogP contribution in [0.25, 0.3) is 0 Å². The van der Waals surface area contributed by atoms with Crippen LogP contribution in [0.15, 0.2) is 0 Å². The first-order chi connectivity index (χ1) is 7.39. The highest BCUT2D eigenvalue weighted by atomic mass is 31.2. The van der Waals surface area contributed by atoms with E-state index in [-0.39, 0.29) is 6.61 Å². The lowest BCUT2D eigenvalue weighted by Gasteiger charge is -2.28. The summed E-state index contributed by atoms with van der Waals surface area (Å²) in [4.78, 5) is 11.1. The molecule has 1 aliphatic heterocycles. The fraction of sp³-hybridized carbons (Fsp3) is 1.00. The molecule has 1 rings (SSSR count). The molecule has 0 aromatic carbocycles. The highest BCUT2D eigenvalue weighted by Crippen LogP contribution is 2.39. The summed E-state index contributed by atoms with van der Waals surface area (Å²) in [6.07, 6.45) is -1.94. The number of hydrogen-bond acceptors (Lipinski definition) is 6. The maximum absolute atomic E-state index is 11.1. The molecule has 0 saturated carbocycles. The summed E-state index contributed by atoms with van der Waals surface area (Å²) in [7, 11) is 4.67. The Labute approximate surface area is 96.2 Å². The standard InChI is InChI=1S/C8H16BO6P/c1-12-4-5-6(15-16(3,10)11)7(13-2)8(9)14-5/h5-8H,4H2,1-3H3,(H,10,11)/p-1/t5-,6?,7+,8-/m1/s1. The van der Waals surface area contributed by atoms with Gasteiger partial charge in [0, 0.05) is 26.9 Å². The van der Waals surface area contributed by atoms with E-state index in [0.717, 1.165) is 6.66 Å². The second-order valence-electron chi connectivity index (χ2n) is 3.64. The van der Waals surface area contributed by atoms with Crippen LogP contribution in [0.4, 0.5) is 0 Å². The largest absolute Gasteiger partial charge is 0.779 e. The Morgan fingerprint density at radius 2 is 2.06 bits per heavy atom. The summed E-state index contributed by atoms with van der Waals surface area (Å²) in [5.41, 5.74) is 0. The Morgan fingerprint density at radius 1 is 1.44 bits per heavy atom. The average Bonchev–Trinajstić information content (AvgIpc) is 2.41. The van der Waals surface area contributed by atoms with Gasteiger partial charge in [0.25, 0.3) is 0 Å². The van der Waals surface area contributed by atoms with Crippen LogP contribution in [0.5, 0.6) is 0 Å². The third kappa shape index (κ3) is 3.55. The van der Waals surface area contributed by atoms with Gasteiger partial charge in [0.1, 0.15) is 33.8 Å². The van der Waals surface area contributed by atoms with Gasteiger partial charge in [0.05, 0.1) is 6.61 Å². The molecule has 0 N–H and O–H groups in total. The van der Waals surface area contributed by atoms with E-state index in [1.54, 1.807) is 0 Å². The topological polar surface area (TPSA) is 77.1 Å². The van der Waals surface area contributed by atoms with E-state index in [9.17, 15) is 9.46 Å². The SMILES string of the molecule is [B][C@@H]1O[C@H](COC)C(OP(C)(=O)[O-])[C@@H]1OC. The zero-order chi connectivity index (χ0) is 12.3. The normalized spacial score (nSPS) is 38.5. The van der Waals surface area contributed by atoms with E-state index in [4.69, 9.17) is 26.6 Å². The van der Waals surface area contributed by atoms with Gasteiger partial charge < -0.3 is 28.2 Å². The van der Waals surface area contributed by atoms with Crippen molar-refractivity contribution in [3.05, 3.63) is 0 Å². The molecule has 0 spiro atoms. The summed E-state index contributed by atoms with van der Waals surface area (Å²) in [5, 5.41) is 0. The molecule has 1 heterocycles. The number of methoxy groups -OCH3 is 2. The monoisotopic (exact) mass is 249 g/mol. The third-order valence-electron chi connectivity index (χ3n) is 2.26. The Hall–Kier alpha value is 0.0949. The summed E-state index contributed by atoms with van der Waals surface area (Å²) in [5.74, 6) is 0. The average molecular weight is 249 g/mol. The molecule has 0 aromatic rings. The molecular formula is C8H15BO6P-. The zero-order valence-electron chi connectivity index (χ0n) is 9.49. The van der Waals surface area contributed by atoms with Crippen LogP contribution in [-0.2, 0) is 23.3 Å². The molecule has 2 radical (unpaired) electrons. The Bertz CT molecular complexity index is 269. The Kier molecular flexibility index (Phi) is 4.97. The smallest absolute Gasteiger partial charge is 0.132 e. The minimum Gasteiger partial charge on any atom is -0.779 e. The summed E-state index contributed by atoms with van der Waals surface area (Å²) in [6, 6.07) is -0.721. The maximum Gasteiger partial charge on any atom is 0.132 e. The summed E-state index contributed by atoms with van der Waals surface area (Å²) < 4.78 is 31.3. The van der Waals surface area contributed by atoms with Crippen LogP contribution in [0.3, 0.4) is 0 Å². The molecule has 1 fully saturated rings. The van der Waals surface area contributed by atoms with E-state index in [1.807, 2.05) is 0 Å². The van der Waals surface area contributed by atoms with E-state index >= 15 is 0 Å². The molecule has 1 aliphatic rings. The van der Waals surface area contributed by atoms with E-state index in [1.165, 1.54) is 14.2 Å². The van der Waals surface area contributed by atoms with Crippen molar-refractivity contribution in [3.8, 4) is 0 Å². The zero-order valence-corrected chi connectivity index (χ0v) is 10.4. The highest BCUT2D eigenvalue weighted by molar-refractivity contribution is 7.50. The van der Waals surface area contributed by atoms with Gasteiger partial charge >= 0.3 is 0 Å². The predicted octanol–water partition coefficient (Wildman–Crippen LogP) is -0.890. The van der Waals surface area contributed by atoms with Crippen LogP contribution < -0.4 is 4.89 Å². The van der Waals surface area contributed by atoms with Crippen LogP contribution >= 0.6 is 7.60 Å². The fourth-order valence-electron chi connectivity index (χ4n) is 1.67. The predicted molar refractivity (Wildman–Crippen MR) is 55.5 cm³/mol. The van der Waals surface area contributed by atoms with Crippen LogP contribution in [0, 0.1) is 0 Å². The van der Waals surface area contributed by atoms with Crippen molar-refractivity contribution in [1.82, 2.24) is 0 Å². The molecule has 8 heteroatoms. The first-order valence-corrected chi connectivity index (χ1v) is 6.77. The van der Waals surface area contributed by atoms with Crippen molar-refractivity contribution in [2.75, 3.05) is 27.5 Å². The Balaban J connectivity index is 2.75. The lowest BCUT2D eigenvalue weighted by atomic mass is 9.93. The molecule has 0 aromatic heterocycles. The number of rotatable bonds is 5. The Morgan fingerprint density at radius 3 is 2.50 bits per heavy atom. The van der Waals surface area contributed by atoms with Crippen molar-refractivity contribution >= 4 is 15.4 Å². The second-order valence-corrected chi connectivity index (χ2v) is 5.39. The highest BCUT2D eigenvalue weighted by Gasteiger charge is 2.44. The number of ether oxygens (including phenoxy) is 3.